The molecule has 1 aliphatic carbocycles. The molecule has 2 aromatic rings. The lowest BCUT2D eigenvalue weighted by atomic mass is 9.78. The van der Waals surface area contributed by atoms with Gasteiger partial charge in [-0.15, -0.1) is 0 Å². The van der Waals surface area contributed by atoms with Crippen LogP contribution in [-0.4, -0.2) is 90.8 Å². The van der Waals surface area contributed by atoms with Crippen molar-refractivity contribution < 1.29 is 42.1 Å². The number of amides is 2. The third-order valence-corrected chi connectivity index (χ3v) is 10.1. The Balaban J connectivity index is 1.23. The molecule has 0 spiro atoms. The molecule has 3 fully saturated rings. The molecule has 46 heavy (non-hydrogen) atoms. The summed E-state index contributed by atoms with van der Waals surface area (Å²) >= 11 is 0. The number of benzene rings is 2. The fraction of sp³-hybridized carbons (Fsp3) is 0.500. The molecular formula is C34H38F3N3O6. The van der Waals surface area contributed by atoms with Gasteiger partial charge in [0.25, 0.3) is 0 Å². The summed E-state index contributed by atoms with van der Waals surface area (Å²) in [5, 5.41) is 13.0. The first kappa shape index (κ1) is 32.2. The molecule has 2 unspecified atom stereocenters. The highest BCUT2D eigenvalue weighted by atomic mass is 19.4. The predicted octanol–water partition coefficient (Wildman–Crippen LogP) is 4.00. The zero-order valence-corrected chi connectivity index (χ0v) is 25.6. The molecule has 2 aromatic carbocycles. The molecule has 2 saturated heterocycles. The summed E-state index contributed by atoms with van der Waals surface area (Å²) in [6, 6.07) is 10.1. The van der Waals surface area contributed by atoms with E-state index in [9.17, 15) is 32.7 Å². The lowest BCUT2D eigenvalue weighted by Crippen LogP contribution is -2.52. The van der Waals surface area contributed by atoms with Crippen LogP contribution in [-0.2, 0) is 38.2 Å². The number of nitrogens with zero attached hydrogens (tertiary/aromatic N) is 2. The first-order valence-corrected chi connectivity index (χ1v) is 15.6. The highest BCUT2D eigenvalue weighted by molar-refractivity contribution is 5.94. The SMILES string of the molecule is COC1COCCC1N[C@@H]1C[C@H]2CN(C(=O)/C=C/c3cccc(C(=O)O)c3)C[C@@]2(C(=O)N2CCc3ccc(C(F)(F)F)cc3C2)C1. The summed E-state index contributed by atoms with van der Waals surface area (Å²) in [6.07, 6.45) is 0.748. The van der Waals surface area contributed by atoms with Gasteiger partial charge in [-0.25, -0.2) is 4.79 Å². The van der Waals surface area contributed by atoms with Crippen molar-refractivity contribution in [2.45, 2.75) is 56.6 Å². The van der Waals surface area contributed by atoms with E-state index in [1.807, 2.05) is 0 Å². The van der Waals surface area contributed by atoms with Crippen LogP contribution in [0.4, 0.5) is 13.2 Å². The first-order chi connectivity index (χ1) is 22.0. The zero-order valence-electron chi connectivity index (χ0n) is 25.6. The van der Waals surface area contributed by atoms with Crippen LogP contribution in [0.3, 0.4) is 0 Å². The molecule has 5 atom stereocenters. The lowest BCUT2D eigenvalue weighted by molar-refractivity contribution is -0.144. The van der Waals surface area contributed by atoms with Crippen molar-refractivity contribution in [1.82, 2.24) is 15.1 Å². The van der Waals surface area contributed by atoms with E-state index >= 15 is 0 Å². The van der Waals surface area contributed by atoms with Crippen LogP contribution in [0.15, 0.2) is 48.5 Å². The Hall–Kier alpha value is -3.74. The fourth-order valence-corrected chi connectivity index (χ4v) is 7.70. The molecule has 4 aliphatic rings. The number of hydrogen-bond donors (Lipinski definition) is 2. The molecule has 3 heterocycles. The molecule has 12 heteroatoms. The van der Waals surface area contributed by atoms with Crippen LogP contribution >= 0.6 is 0 Å². The second-order valence-corrected chi connectivity index (χ2v) is 12.8. The van der Waals surface area contributed by atoms with E-state index in [1.54, 1.807) is 35.1 Å². The van der Waals surface area contributed by atoms with Crippen molar-refractivity contribution in [3.8, 4) is 0 Å². The minimum absolute atomic E-state index is 0.00448. The molecule has 246 valence electrons. The largest absolute Gasteiger partial charge is 0.478 e. The van der Waals surface area contributed by atoms with Gasteiger partial charge in [0.1, 0.15) is 0 Å². The number of carbonyl (C=O) groups excluding carboxylic acids is 2. The second-order valence-electron chi connectivity index (χ2n) is 12.8. The second kappa shape index (κ2) is 12.8. The fourth-order valence-electron chi connectivity index (χ4n) is 7.70. The highest BCUT2D eigenvalue weighted by Gasteiger charge is 2.59. The molecular weight excluding hydrogens is 603 g/mol. The first-order valence-electron chi connectivity index (χ1n) is 15.6. The predicted molar refractivity (Wildman–Crippen MR) is 162 cm³/mol. The van der Waals surface area contributed by atoms with Gasteiger partial charge in [-0.2, -0.15) is 13.2 Å². The Kier molecular flexibility index (Phi) is 8.97. The molecule has 1 saturated carbocycles. The van der Waals surface area contributed by atoms with Crippen molar-refractivity contribution >= 4 is 23.9 Å². The van der Waals surface area contributed by atoms with Gasteiger partial charge in [-0.1, -0.05) is 18.2 Å². The van der Waals surface area contributed by atoms with Crippen molar-refractivity contribution in [3.63, 3.8) is 0 Å². The Labute approximate surface area is 265 Å². The maximum atomic E-state index is 14.5. The number of likely N-dealkylation sites (tertiary alicyclic amines) is 1. The number of halogens is 3. The number of rotatable bonds is 7. The summed E-state index contributed by atoms with van der Waals surface area (Å²) in [5.74, 6) is -1.62. The number of hydrogen-bond acceptors (Lipinski definition) is 6. The molecule has 0 aromatic heterocycles. The number of methoxy groups -OCH3 is 1. The van der Waals surface area contributed by atoms with Crippen molar-refractivity contribution in [2.75, 3.05) is 40.0 Å². The normalized spacial score (nSPS) is 27.9. The number of nitrogens with one attached hydrogen (secondary N) is 1. The Morgan fingerprint density at radius 3 is 2.72 bits per heavy atom. The van der Waals surface area contributed by atoms with Gasteiger partial charge in [-0.05, 0) is 78.6 Å². The number of fused-ring (bicyclic) bond motifs is 2. The van der Waals surface area contributed by atoms with Crippen LogP contribution in [0.2, 0.25) is 0 Å². The molecule has 9 nitrogen and oxygen atoms in total. The van der Waals surface area contributed by atoms with Gasteiger partial charge < -0.3 is 29.7 Å². The van der Waals surface area contributed by atoms with Crippen LogP contribution in [0, 0.1) is 11.3 Å². The molecule has 2 N–H and O–H groups in total. The van der Waals surface area contributed by atoms with E-state index in [1.165, 1.54) is 24.3 Å². The Morgan fingerprint density at radius 2 is 1.96 bits per heavy atom. The third kappa shape index (κ3) is 6.43. The van der Waals surface area contributed by atoms with E-state index in [0.29, 0.717) is 56.7 Å². The van der Waals surface area contributed by atoms with Crippen LogP contribution in [0.1, 0.15) is 51.9 Å². The van der Waals surface area contributed by atoms with Crippen molar-refractivity contribution in [1.29, 1.82) is 0 Å². The molecule has 0 radical (unpaired) electrons. The molecule has 6 rings (SSSR count). The summed E-state index contributed by atoms with van der Waals surface area (Å²) < 4.78 is 51.7. The van der Waals surface area contributed by atoms with Crippen molar-refractivity contribution in [2.24, 2.45) is 11.3 Å². The van der Waals surface area contributed by atoms with E-state index < -0.39 is 23.1 Å². The van der Waals surface area contributed by atoms with Gasteiger partial charge >= 0.3 is 12.1 Å². The Bertz CT molecular complexity index is 1530. The van der Waals surface area contributed by atoms with E-state index in [-0.39, 0.29) is 54.6 Å². The summed E-state index contributed by atoms with van der Waals surface area (Å²) in [5.41, 5.74) is 0.359. The quantitative estimate of drug-likeness (QED) is 0.440. The average molecular weight is 642 g/mol. The highest BCUT2D eigenvalue weighted by Crippen LogP contribution is 2.51. The number of ether oxygens (including phenoxy) is 2. The lowest BCUT2D eigenvalue weighted by Gasteiger charge is -2.38. The summed E-state index contributed by atoms with van der Waals surface area (Å²) in [6.45, 7) is 2.13. The maximum Gasteiger partial charge on any atom is 0.416 e. The topological polar surface area (TPSA) is 108 Å². The molecule has 0 bridgehead atoms. The third-order valence-electron chi connectivity index (χ3n) is 10.1. The zero-order chi connectivity index (χ0) is 32.6. The minimum atomic E-state index is -4.48. The van der Waals surface area contributed by atoms with E-state index in [0.717, 1.165) is 24.1 Å². The maximum absolute atomic E-state index is 14.5. The average Bonchev–Trinajstić information content (AvgIpc) is 3.57. The van der Waals surface area contributed by atoms with Gasteiger partial charge in [0.05, 0.1) is 29.3 Å². The van der Waals surface area contributed by atoms with Gasteiger partial charge in [0.2, 0.25) is 11.8 Å². The number of carboxylic acid groups (broad SMARTS) is 1. The summed E-state index contributed by atoms with van der Waals surface area (Å²) in [4.78, 5) is 42.6. The smallest absolute Gasteiger partial charge is 0.416 e. The number of carbonyl (C=O) groups is 3. The standard InChI is InChI=1S/C34H38F3N3O6/c1-45-29-19-46-12-10-28(29)38-27-15-26-18-40(30(41)8-5-21-3-2-4-23(13-21)31(42)43)20-33(26,16-27)32(44)39-11-9-22-6-7-25(34(35,36)37)14-24(22)17-39/h2-8,13-14,26-29,38H,9-12,15-20H2,1H3,(H,42,43)/b8-5+/t26-,27+,28?,29?,33-/m0/s1. The van der Waals surface area contributed by atoms with Gasteiger partial charge in [-0.3, -0.25) is 9.59 Å². The number of alkyl halides is 3. The molecule has 2 amide bonds. The minimum Gasteiger partial charge on any atom is -0.478 e. The number of carboxylic acids is 1. The molecule has 3 aliphatic heterocycles. The van der Waals surface area contributed by atoms with Crippen molar-refractivity contribution in [3.05, 3.63) is 76.4 Å². The number of aromatic carboxylic acids is 1. The monoisotopic (exact) mass is 641 g/mol. The van der Waals surface area contributed by atoms with E-state index in [4.69, 9.17) is 9.47 Å². The van der Waals surface area contributed by atoms with Crippen LogP contribution in [0.5, 0.6) is 0 Å². The summed E-state index contributed by atoms with van der Waals surface area (Å²) in [7, 11) is 1.65. The van der Waals surface area contributed by atoms with Crippen LogP contribution in [0.25, 0.3) is 6.08 Å². The Morgan fingerprint density at radius 1 is 1.13 bits per heavy atom. The van der Waals surface area contributed by atoms with Gasteiger partial charge in [0.15, 0.2) is 0 Å². The van der Waals surface area contributed by atoms with E-state index in [2.05, 4.69) is 5.32 Å². The van der Waals surface area contributed by atoms with Crippen LogP contribution < -0.4 is 5.32 Å². The van der Waals surface area contributed by atoms with Gasteiger partial charge in [0, 0.05) is 58.1 Å².